The van der Waals surface area contributed by atoms with Gasteiger partial charge in [-0.15, -0.1) is 0 Å². The van der Waals surface area contributed by atoms with E-state index in [0.29, 0.717) is 26.9 Å². The van der Waals surface area contributed by atoms with Gasteiger partial charge in [-0.1, -0.05) is 70.7 Å². The Morgan fingerprint density at radius 2 is 1.59 bits per heavy atom. The fourth-order valence-corrected chi connectivity index (χ4v) is 4.20. The number of halogens is 4. The number of carbonyl (C=O) groups excluding carboxylic acids is 3. The predicted molar refractivity (Wildman–Crippen MR) is 135 cm³/mol. The van der Waals surface area contributed by atoms with Crippen LogP contribution in [0.25, 0.3) is 0 Å². The van der Waals surface area contributed by atoms with Gasteiger partial charge >= 0.3 is 0 Å². The molecule has 0 atom stereocenters. The van der Waals surface area contributed by atoms with E-state index in [1.165, 1.54) is 6.07 Å². The first-order valence-electron chi connectivity index (χ1n) is 9.88. The summed E-state index contributed by atoms with van der Waals surface area (Å²) >= 11 is 24.4. The third-order valence-electron chi connectivity index (χ3n) is 4.97. The van der Waals surface area contributed by atoms with Crippen LogP contribution in [0.3, 0.4) is 0 Å². The van der Waals surface area contributed by atoms with Crippen molar-refractivity contribution in [3.05, 3.63) is 104 Å². The smallest absolute Gasteiger partial charge is 0.283 e. The Kier molecular flexibility index (Phi) is 7.14. The molecule has 0 saturated heterocycles. The monoisotopic (exact) mass is 533 g/mol. The van der Waals surface area contributed by atoms with Gasteiger partial charge in [-0.2, -0.15) is 0 Å². The molecule has 3 aromatic rings. The van der Waals surface area contributed by atoms with Crippen molar-refractivity contribution in [3.8, 4) is 0 Å². The van der Waals surface area contributed by atoms with Crippen molar-refractivity contribution in [1.82, 2.24) is 5.32 Å². The zero-order valence-electron chi connectivity index (χ0n) is 17.2. The molecule has 0 spiro atoms. The molecule has 1 aliphatic heterocycles. The van der Waals surface area contributed by atoms with E-state index in [0.717, 1.165) is 4.90 Å². The molecule has 10 heteroatoms. The lowest BCUT2D eigenvalue weighted by molar-refractivity contribution is -0.120. The second-order valence-electron chi connectivity index (χ2n) is 7.21. The molecule has 0 aromatic heterocycles. The molecular weight excluding hydrogens is 520 g/mol. The SMILES string of the molecule is O=C(NCc1ccc(Cl)cc1Cl)c1cccc(NC2=C(Cl)C(=O)N(c3ccccc3Cl)C2=O)c1. The van der Waals surface area contributed by atoms with Crippen LogP contribution >= 0.6 is 46.4 Å². The van der Waals surface area contributed by atoms with Gasteiger partial charge in [-0.05, 0) is 48.0 Å². The highest BCUT2D eigenvalue weighted by molar-refractivity contribution is 6.53. The molecule has 0 unspecified atom stereocenters. The van der Waals surface area contributed by atoms with Gasteiger partial charge in [-0.25, -0.2) is 4.90 Å². The summed E-state index contributed by atoms with van der Waals surface area (Å²) in [6.07, 6.45) is 0. The number of nitrogens with zero attached hydrogens (tertiary/aromatic N) is 1. The Hall–Kier alpha value is -3.03. The maximum Gasteiger partial charge on any atom is 0.283 e. The third-order valence-corrected chi connectivity index (χ3v) is 6.23. The lowest BCUT2D eigenvalue weighted by Crippen LogP contribution is -2.32. The number of carbonyl (C=O) groups is 3. The molecule has 3 amide bonds. The average molecular weight is 535 g/mol. The zero-order chi connectivity index (χ0) is 24.4. The van der Waals surface area contributed by atoms with E-state index in [9.17, 15) is 14.4 Å². The number of amides is 3. The van der Waals surface area contributed by atoms with Gasteiger partial charge in [0, 0.05) is 27.8 Å². The molecule has 4 rings (SSSR count). The first kappa shape index (κ1) is 24.1. The Morgan fingerprint density at radius 1 is 0.824 bits per heavy atom. The molecule has 0 aliphatic carbocycles. The van der Waals surface area contributed by atoms with E-state index in [2.05, 4.69) is 10.6 Å². The molecule has 0 saturated carbocycles. The highest BCUT2D eigenvalue weighted by atomic mass is 35.5. The number of hydrogen-bond acceptors (Lipinski definition) is 4. The number of anilines is 2. The fraction of sp³-hybridized carbons (Fsp3) is 0.0417. The Balaban J connectivity index is 1.49. The summed E-state index contributed by atoms with van der Waals surface area (Å²) < 4.78 is 0. The summed E-state index contributed by atoms with van der Waals surface area (Å²) in [4.78, 5) is 39.2. The number of benzene rings is 3. The van der Waals surface area contributed by atoms with E-state index >= 15 is 0 Å². The van der Waals surface area contributed by atoms with E-state index < -0.39 is 11.8 Å². The van der Waals surface area contributed by atoms with Crippen LogP contribution in [0, 0.1) is 0 Å². The quantitative estimate of drug-likeness (QED) is 0.379. The molecule has 172 valence electrons. The van der Waals surface area contributed by atoms with Crippen LogP contribution in [-0.2, 0) is 16.1 Å². The lowest BCUT2D eigenvalue weighted by atomic mass is 10.1. The van der Waals surface area contributed by atoms with Crippen LogP contribution in [0.4, 0.5) is 11.4 Å². The van der Waals surface area contributed by atoms with Gasteiger partial charge in [0.05, 0.1) is 10.7 Å². The van der Waals surface area contributed by atoms with Crippen molar-refractivity contribution in [2.75, 3.05) is 10.2 Å². The highest BCUT2D eigenvalue weighted by Gasteiger charge is 2.39. The van der Waals surface area contributed by atoms with E-state index in [1.54, 1.807) is 60.7 Å². The maximum atomic E-state index is 13.0. The lowest BCUT2D eigenvalue weighted by Gasteiger charge is -2.16. The van der Waals surface area contributed by atoms with Crippen LogP contribution in [-0.4, -0.2) is 17.7 Å². The number of para-hydroxylation sites is 1. The molecule has 0 radical (unpaired) electrons. The molecule has 34 heavy (non-hydrogen) atoms. The molecule has 3 aromatic carbocycles. The van der Waals surface area contributed by atoms with Crippen LogP contribution < -0.4 is 15.5 Å². The predicted octanol–water partition coefficient (Wildman–Crippen LogP) is 6.01. The molecular formula is C24H15Cl4N3O3. The number of nitrogens with one attached hydrogen (secondary N) is 2. The van der Waals surface area contributed by atoms with E-state index in [-0.39, 0.29) is 33.9 Å². The van der Waals surface area contributed by atoms with Crippen molar-refractivity contribution in [1.29, 1.82) is 0 Å². The topological polar surface area (TPSA) is 78.5 Å². The number of imide groups is 1. The first-order valence-corrected chi connectivity index (χ1v) is 11.4. The normalized spacial score (nSPS) is 13.5. The van der Waals surface area contributed by atoms with Crippen molar-refractivity contribution in [2.24, 2.45) is 0 Å². The summed E-state index contributed by atoms with van der Waals surface area (Å²) in [5, 5.41) is 6.52. The van der Waals surface area contributed by atoms with Crippen LogP contribution in [0.2, 0.25) is 15.1 Å². The molecule has 6 nitrogen and oxygen atoms in total. The van der Waals surface area contributed by atoms with Crippen molar-refractivity contribution in [3.63, 3.8) is 0 Å². The summed E-state index contributed by atoms with van der Waals surface area (Å²) in [5.74, 6) is -1.72. The van der Waals surface area contributed by atoms with E-state index in [1.807, 2.05) is 0 Å². The van der Waals surface area contributed by atoms with Gasteiger partial charge in [0.15, 0.2) is 0 Å². The molecule has 0 fully saturated rings. The van der Waals surface area contributed by atoms with Crippen LogP contribution in [0.5, 0.6) is 0 Å². The van der Waals surface area contributed by atoms with Gasteiger partial charge in [-0.3, -0.25) is 14.4 Å². The number of hydrogen-bond donors (Lipinski definition) is 2. The zero-order valence-corrected chi connectivity index (χ0v) is 20.3. The van der Waals surface area contributed by atoms with Gasteiger partial charge < -0.3 is 10.6 Å². The Morgan fingerprint density at radius 3 is 2.32 bits per heavy atom. The third kappa shape index (κ3) is 4.91. The van der Waals surface area contributed by atoms with Crippen LogP contribution in [0.1, 0.15) is 15.9 Å². The Labute approximate surface area is 215 Å². The standard InChI is InChI=1S/C24H15Cl4N3O3/c25-15-9-8-14(18(27)11-15)12-29-22(32)13-4-3-5-16(10-13)30-21-20(28)23(33)31(24(21)34)19-7-2-1-6-17(19)26/h1-11,30H,12H2,(H,29,32). The van der Waals surface area contributed by atoms with Crippen LogP contribution in [0.15, 0.2) is 77.5 Å². The summed E-state index contributed by atoms with van der Waals surface area (Å²) in [6, 6.07) is 17.9. The fourth-order valence-electron chi connectivity index (χ4n) is 3.29. The van der Waals surface area contributed by atoms with Crippen molar-refractivity contribution in [2.45, 2.75) is 6.54 Å². The summed E-state index contributed by atoms with van der Waals surface area (Å²) in [5.41, 5.74) is 1.54. The largest absolute Gasteiger partial charge is 0.350 e. The second-order valence-corrected chi connectivity index (χ2v) is 8.84. The highest BCUT2D eigenvalue weighted by Crippen LogP contribution is 2.34. The summed E-state index contributed by atoms with van der Waals surface area (Å²) in [7, 11) is 0. The molecule has 1 aliphatic rings. The van der Waals surface area contributed by atoms with Crippen molar-refractivity contribution >= 4 is 75.5 Å². The minimum absolute atomic E-state index is 0.114. The summed E-state index contributed by atoms with van der Waals surface area (Å²) in [6.45, 7) is 0.198. The first-order chi connectivity index (χ1) is 16.3. The minimum Gasteiger partial charge on any atom is -0.350 e. The van der Waals surface area contributed by atoms with E-state index in [4.69, 9.17) is 46.4 Å². The minimum atomic E-state index is -0.698. The number of rotatable bonds is 6. The Bertz CT molecular complexity index is 1360. The molecule has 0 bridgehead atoms. The molecule has 2 N–H and O–H groups in total. The average Bonchev–Trinajstić information content (AvgIpc) is 3.02. The van der Waals surface area contributed by atoms with Gasteiger partial charge in [0.2, 0.25) is 0 Å². The van der Waals surface area contributed by atoms with Gasteiger partial charge in [0.1, 0.15) is 10.7 Å². The maximum absolute atomic E-state index is 13.0. The van der Waals surface area contributed by atoms with Crippen molar-refractivity contribution < 1.29 is 14.4 Å². The molecule has 1 heterocycles. The van der Waals surface area contributed by atoms with Gasteiger partial charge in [0.25, 0.3) is 17.7 Å². The second kappa shape index (κ2) is 10.1.